The van der Waals surface area contributed by atoms with E-state index in [-0.39, 0.29) is 11.5 Å². The van der Waals surface area contributed by atoms with Crippen LogP contribution in [0.25, 0.3) is 0 Å². The van der Waals surface area contributed by atoms with E-state index in [1.807, 2.05) is 13.8 Å². The standard InChI is InChI=1S/C18H22N2O5S/c1-13(2)14-8-10-15(11-9-14)26(22,23)20-19-18(21)12-25-17-7-5-4-6-16(17)24-3/h4-11,13,20H,12H2,1-3H3,(H,19,21). The number of hydrogen-bond acceptors (Lipinski definition) is 5. The van der Waals surface area contributed by atoms with Gasteiger partial charge in [-0.15, -0.1) is 4.83 Å². The summed E-state index contributed by atoms with van der Waals surface area (Å²) in [5, 5.41) is 0. The van der Waals surface area contributed by atoms with Crippen LogP contribution in [0.2, 0.25) is 0 Å². The van der Waals surface area contributed by atoms with Crippen LogP contribution < -0.4 is 19.7 Å². The summed E-state index contributed by atoms with van der Waals surface area (Å²) >= 11 is 0. The quantitative estimate of drug-likeness (QED) is 0.687. The van der Waals surface area contributed by atoms with Gasteiger partial charge in [0.2, 0.25) is 0 Å². The molecule has 0 fully saturated rings. The fraction of sp³-hybridized carbons (Fsp3) is 0.278. The van der Waals surface area contributed by atoms with Gasteiger partial charge in [0, 0.05) is 0 Å². The number of rotatable bonds is 8. The van der Waals surface area contributed by atoms with Crippen LogP contribution in [-0.2, 0) is 14.8 Å². The lowest BCUT2D eigenvalue weighted by Gasteiger charge is -2.12. The molecule has 2 aromatic rings. The highest BCUT2D eigenvalue weighted by Crippen LogP contribution is 2.25. The van der Waals surface area contributed by atoms with Gasteiger partial charge in [0.05, 0.1) is 12.0 Å². The minimum Gasteiger partial charge on any atom is -0.493 e. The molecule has 7 nitrogen and oxygen atoms in total. The highest BCUT2D eigenvalue weighted by molar-refractivity contribution is 7.89. The number of sulfonamides is 1. The van der Waals surface area contributed by atoms with E-state index in [1.54, 1.807) is 36.4 Å². The summed E-state index contributed by atoms with van der Waals surface area (Å²) in [4.78, 5) is 13.9. The molecule has 8 heteroatoms. The van der Waals surface area contributed by atoms with Crippen molar-refractivity contribution in [1.29, 1.82) is 0 Å². The Morgan fingerprint density at radius 2 is 1.65 bits per heavy atom. The van der Waals surface area contributed by atoms with Gasteiger partial charge in [0.25, 0.3) is 15.9 Å². The third-order valence-electron chi connectivity index (χ3n) is 3.61. The van der Waals surface area contributed by atoms with E-state index < -0.39 is 15.9 Å². The Morgan fingerprint density at radius 3 is 2.23 bits per heavy atom. The van der Waals surface area contributed by atoms with Crippen molar-refractivity contribution in [1.82, 2.24) is 10.3 Å². The average Bonchev–Trinajstić information content (AvgIpc) is 2.65. The summed E-state index contributed by atoms with van der Waals surface area (Å²) in [6.45, 7) is 3.67. The minimum atomic E-state index is -3.86. The summed E-state index contributed by atoms with van der Waals surface area (Å²) in [6.07, 6.45) is 0. The van der Waals surface area contributed by atoms with E-state index in [9.17, 15) is 13.2 Å². The van der Waals surface area contributed by atoms with Crippen LogP contribution in [0.4, 0.5) is 0 Å². The molecule has 2 N–H and O–H groups in total. The number of carbonyl (C=O) groups is 1. The van der Waals surface area contributed by atoms with Crippen molar-refractivity contribution < 1.29 is 22.7 Å². The van der Waals surface area contributed by atoms with Gasteiger partial charge in [-0.05, 0) is 35.7 Å². The van der Waals surface area contributed by atoms with Gasteiger partial charge in [-0.3, -0.25) is 10.2 Å². The predicted octanol–water partition coefficient (Wildman–Crippen LogP) is 2.21. The van der Waals surface area contributed by atoms with E-state index in [2.05, 4.69) is 10.3 Å². The lowest BCUT2D eigenvalue weighted by atomic mass is 10.0. The van der Waals surface area contributed by atoms with E-state index in [4.69, 9.17) is 9.47 Å². The highest BCUT2D eigenvalue weighted by atomic mass is 32.2. The summed E-state index contributed by atoms with van der Waals surface area (Å²) in [5.41, 5.74) is 3.15. The molecule has 0 aromatic heterocycles. The Kier molecular flexibility index (Phi) is 6.59. The SMILES string of the molecule is COc1ccccc1OCC(=O)NNS(=O)(=O)c1ccc(C(C)C)cc1. The molecule has 0 unspecified atom stereocenters. The average molecular weight is 378 g/mol. The first-order valence-electron chi connectivity index (χ1n) is 8.00. The van der Waals surface area contributed by atoms with Gasteiger partial charge in [-0.25, -0.2) is 8.42 Å². The van der Waals surface area contributed by atoms with Crippen molar-refractivity contribution in [3.05, 3.63) is 54.1 Å². The molecule has 0 radical (unpaired) electrons. The van der Waals surface area contributed by atoms with Crippen molar-refractivity contribution in [3.8, 4) is 11.5 Å². The van der Waals surface area contributed by atoms with Crippen LogP contribution in [0.15, 0.2) is 53.4 Å². The molecule has 2 rings (SSSR count). The maximum Gasteiger partial charge on any atom is 0.272 e. The Labute approximate surface area is 153 Å². The Hall–Kier alpha value is -2.58. The molecular weight excluding hydrogens is 356 g/mol. The molecule has 0 bridgehead atoms. The molecule has 0 aliphatic carbocycles. The number of methoxy groups -OCH3 is 1. The second-order valence-corrected chi connectivity index (χ2v) is 7.50. The molecule has 2 aromatic carbocycles. The molecular formula is C18H22N2O5S. The van der Waals surface area contributed by atoms with Crippen molar-refractivity contribution in [2.75, 3.05) is 13.7 Å². The normalized spacial score (nSPS) is 11.2. The van der Waals surface area contributed by atoms with E-state index >= 15 is 0 Å². The summed E-state index contributed by atoms with van der Waals surface area (Å²) < 4.78 is 34.9. The summed E-state index contributed by atoms with van der Waals surface area (Å²) in [7, 11) is -2.37. The maximum absolute atomic E-state index is 12.2. The zero-order valence-corrected chi connectivity index (χ0v) is 15.7. The number of ether oxygens (including phenoxy) is 2. The van der Waals surface area contributed by atoms with Gasteiger partial charge in [-0.2, -0.15) is 0 Å². The van der Waals surface area contributed by atoms with Crippen LogP contribution in [0.1, 0.15) is 25.3 Å². The van der Waals surface area contributed by atoms with E-state index in [1.165, 1.54) is 19.2 Å². The molecule has 0 aliphatic rings. The molecule has 26 heavy (non-hydrogen) atoms. The van der Waals surface area contributed by atoms with Gasteiger partial charge >= 0.3 is 0 Å². The van der Waals surface area contributed by atoms with E-state index in [0.29, 0.717) is 17.4 Å². The Morgan fingerprint density at radius 1 is 1.04 bits per heavy atom. The first-order valence-corrected chi connectivity index (χ1v) is 9.48. The van der Waals surface area contributed by atoms with Crippen molar-refractivity contribution >= 4 is 15.9 Å². The molecule has 0 aliphatic heterocycles. The number of carbonyl (C=O) groups excluding carboxylic acids is 1. The molecule has 1 amide bonds. The largest absolute Gasteiger partial charge is 0.493 e. The van der Waals surface area contributed by atoms with Gasteiger partial charge in [-0.1, -0.05) is 38.1 Å². The molecule has 0 spiro atoms. The van der Waals surface area contributed by atoms with Gasteiger partial charge in [0.1, 0.15) is 0 Å². The number of amides is 1. The molecule has 0 atom stereocenters. The van der Waals surface area contributed by atoms with Crippen LogP contribution in [0.3, 0.4) is 0 Å². The zero-order chi connectivity index (χ0) is 19.2. The number of para-hydroxylation sites is 2. The van der Waals surface area contributed by atoms with E-state index in [0.717, 1.165) is 5.56 Å². The highest BCUT2D eigenvalue weighted by Gasteiger charge is 2.16. The summed E-state index contributed by atoms with van der Waals surface area (Å²) in [5.74, 6) is 0.522. The lowest BCUT2D eigenvalue weighted by Crippen LogP contribution is -2.43. The molecule has 0 heterocycles. The van der Waals surface area contributed by atoms with Crippen LogP contribution >= 0.6 is 0 Å². The maximum atomic E-state index is 12.2. The van der Waals surface area contributed by atoms with Gasteiger partial charge in [0.15, 0.2) is 18.1 Å². The van der Waals surface area contributed by atoms with Crippen molar-refractivity contribution in [2.45, 2.75) is 24.7 Å². The summed E-state index contributed by atoms with van der Waals surface area (Å²) in [6, 6.07) is 13.3. The Balaban J connectivity index is 1.91. The number of hydrogen-bond donors (Lipinski definition) is 2. The topological polar surface area (TPSA) is 93.7 Å². The molecule has 140 valence electrons. The fourth-order valence-electron chi connectivity index (χ4n) is 2.13. The number of benzene rings is 2. The molecule has 0 saturated heterocycles. The first kappa shape index (κ1) is 19.7. The van der Waals surface area contributed by atoms with Crippen molar-refractivity contribution in [3.63, 3.8) is 0 Å². The Bertz CT molecular complexity index is 848. The third-order valence-corrected chi connectivity index (χ3v) is 4.87. The number of nitrogens with one attached hydrogen (secondary N) is 2. The predicted molar refractivity (Wildman–Crippen MR) is 97.5 cm³/mol. The van der Waals surface area contributed by atoms with Gasteiger partial charge < -0.3 is 9.47 Å². The smallest absolute Gasteiger partial charge is 0.272 e. The lowest BCUT2D eigenvalue weighted by molar-refractivity contribution is -0.123. The van der Waals surface area contributed by atoms with Crippen LogP contribution in [0.5, 0.6) is 11.5 Å². The third kappa shape index (κ3) is 5.21. The monoisotopic (exact) mass is 378 g/mol. The minimum absolute atomic E-state index is 0.0628. The van der Waals surface area contributed by atoms with Crippen LogP contribution in [0, 0.1) is 0 Å². The fourth-order valence-corrected chi connectivity index (χ4v) is 2.99. The van der Waals surface area contributed by atoms with Crippen LogP contribution in [-0.4, -0.2) is 28.0 Å². The van der Waals surface area contributed by atoms with Crippen molar-refractivity contribution in [2.24, 2.45) is 0 Å². The second kappa shape index (κ2) is 8.68. The number of hydrazine groups is 1. The molecule has 0 saturated carbocycles. The first-order chi connectivity index (χ1) is 12.3. The zero-order valence-electron chi connectivity index (χ0n) is 14.9. The second-order valence-electron chi connectivity index (χ2n) is 5.82.